The van der Waals surface area contributed by atoms with Crippen LogP contribution in [0.5, 0.6) is 0 Å². The highest BCUT2D eigenvalue weighted by atomic mass is 35.5. The number of anilines is 1. The predicted octanol–water partition coefficient (Wildman–Crippen LogP) is 5.54. The first kappa shape index (κ1) is 23.2. The lowest BCUT2D eigenvalue weighted by molar-refractivity contribution is 0.0792. The van der Waals surface area contributed by atoms with E-state index in [2.05, 4.69) is 6.92 Å². The first-order valence-electron chi connectivity index (χ1n) is 10.9. The van der Waals surface area contributed by atoms with E-state index in [9.17, 15) is 13.8 Å². The molecule has 0 aromatic heterocycles. The monoisotopic (exact) mass is 480 g/mol. The summed E-state index contributed by atoms with van der Waals surface area (Å²) in [5.74, 6) is -0.393. The van der Waals surface area contributed by atoms with Crippen molar-refractivity contribution in [2.75, 3.05) is 18.5 Å². The number of carbonyl (C=O) groups excluding carboxylic acids is 2. The van der Waals surface area contributed by atoms with Gasteiger partial charge in [0.1, 0.15) is 0 Å². The fourth-order valence-electron chi connectivity index (χ4n) is 3.89. The topological polar surface area (TPSA) is 57.7 Å². The van der Waals surface area contributed by atoms with Gasteiger partial charge in [-0.05, 0) is 54.4 Å². The Balaban J connectivity index is 1.83. The molecule has 0 saturated heterocycles. The minimum Gasteiger partial charge on any atom is -0.342 e. The van der Waals surface area contributed by atoms with Crippen molar-refractivity contribution >= 4 is 39.9 Å². The van der Waals surface area contributed by atoms with Gasteiger partial charge in [-0.25, -0.2) is 4.21 Å². The van der Waals surface area contributed by atoms with E-state index in [-0.39, 0.29) is 18.4 Å². The van der Waals surface area contributed by atoms with Crippen molar-refractivity contribution in [3.8, 4) is 0 Å². The molecule has 7 heteroatoms. The third-order valence-electron chi connectivity index (χ3n) is 5.68. The van der Waals surface area contributed by atoms with Gasteiger partial charge >= 0.3 is 0 Å². The molecule has 3 aromatic carbocycles. The van der Waals surface area contributed by atoms with Crippen molar-refractivity contribution in [1.82, 2.24) is 4.90 Å². The molecule has 1 aliphatic rings. The molecule has 0 saturated carbocycles. The molecule has 0 radical (unpaired) electrons. The Bertz CT molecular complexity index is 1240. The molecular formula is C26H25ClN2O3S. The summed E-state index contributed by atoms with van der Waals surface area (Å²) < 4.78 is 13.5. The van der Waals surface area contributed by atoms with E-state index in [1.807, 2.05) is 12.1 Å². The molecule has 0 N–H and O–H groups in total. The van der Waals surface area contributed by atoms with E-state index in [0.717, 1.165) is 18.4 Å². The Morgan fingerprint density at radius 3 is 2.58 bits per heavy atom. The molecule has 33 heavy (non-hydrogen) atoms. The largest absolute Gasteiger partial charge is 0.342 e. The van der Waals surface area contributed by atoms with E-state index in [1.54, 1.807) is 71.4 Å². The number of unbranched alkanes of at least 4 members (excludes halogenated alkanes) is 1. The van der Waals surface area contributed by atoms with Gasteiger partial charge in [0.05, 0.1) is 38.4 Å². The van der Waals surface area contributed by atoms with Crippen LogP contribution in [0.15, 0.2) is 76.5 Å². The standard InChI is InChI=1S/C26H25ClN2O3S/c1-3-4-14-28(2)25(30)19-12-13-24-22(16-19)29(17-18-8-7-9-20(27)15-18)26(31)21-10-5-6-11-23(21)33(24)32/h5-13,15-16H,3-4,14,17H2,1-2H3/t33-/m0/s1. The minimum atomic E-state index is -1.56. The van der Waals surface area contributed by atoms with Crippen LogP contribution in [0.3, 0.4) is 0 Å². The number of amides is 2. The zero-order chi connectivity index (χ0) is 23.5. The van der Waals surface area contributed by atoms with E-state index in [4.69, 9.17) is 11.6 Å². The molecule has 2 amide bonds. The Morgan fingerprint density at radius 2 is 1.82 bits per heavy atom. The van der Waals surface area contributed by atoms with E-state index >= 15 is 0 Å². The lowest BCUT2D eigenvalue weighted by Crippen LogP contribution is -2.31. The molecule has 5 nitrogen and oxygen atoms in total. The van der Waals surface area contributed by atoms with Crippen LogP contribution in [-0.2, 0) is 17.3 Å². The fraction of sp³-hybridized carbons (Fsp3) is 0.231. The summed E-state index contributed by atoms with van der Waals surface area (Å²) in [6.45, 7) is 2.96. The van der Waals surface area contributed by atoms with Crippen LogP contribution in [0, 0.1) is 0 Å². The zero-order valence-electron chi connectivity index (χ0n) is 18.6. The van der Waals surface area contributed by atoms with Gasteiger partial charge < -0.3 is 9.80 Å². The molecule has 0 aliphatic carbocycles. The molecule has 1 heterocycles. The van der Waals surface area contributed by atoms with E-state index in [0.29, 0.717) is 38.2 Å². The molecule has 0 spiro atoms. The second kappa shape index (κ2) is 9.89. The molecule has 0 bridgehead atoms. The Morgan fingerprint density at radius 1 is 1.03 bits per heavy atom. The average Bonchev–Trinajstić information content (AvgIpc) is 2.91. The Labute approximate surface area is 201 Å². The van der Waals surface area contributed by atoms with Crippen molar-refractivity contribution < 1.29 is 13.8 Å². The van der Waals surface area contributed by atoms with E-state index in [1.165, 1.54) is 0 Å². The van der Waals surface area contributed by atoms with Crippen molar-refractivity contribution in [2.45, 2.75) is 36.1 Å². The number of hydrogen-bond acceptors (Lipinski definition) is 3. The van der Waals surface area contributed by atoms with Crippen molar-refractivity contribution in [2.24, 2.45) is 0 Å². The van der Waals surface area contributed by atoms with Crippen LogP contribution in [0.25, 0.3) is 0 Å². The third kappa shape index (κ3) is 4.72. The summed E-state index contributed by atoms with van der Waals surface area (Å²) in [5, 5.41) is 0.570. The predicted molar refractivity (Wildman–Crippen MR) is 131 cm³/mol. The lowest BCUT2D eigenvalue weighted by atomic mass is 10.1. The Hall–Kier alpha value is -2.96. The summed E-state index contributed by atoms with van der Waals surface area (Å²) in [6.07, 6.45) is 1.90. The summed E-state index contributed by atoms with van der Waals surface area (Å²) in [7, 11) is 0.209. The maximum Gasteiger partial charge on any atom is 0.259 e. The number of carbonyl (C=O) groups is 2. The summed E-state index contributed by atoms with van der Waals surface area (Å²) in [5.41, 5.74) is 2.16. The SMILES string of the molecule is CCCCN(C)C(=O)c1ccc2c(c1)N(Cc1cccc(Cl)c1)C(=O)c1ccccc1[S@@]2=O. The molecular weight excluding hydrogens is 456 g/mol. The highest BCUT2D eigenvalue weighted by Crippen LogP contribution is 2.36. The van der Waals surface area contributed by atoms with Crippen molar-refractivity contribution in [3.05, 3.63) is 88.4 Å². The van der Waals surface area contributed by atoms with Gasteiger partial charge in [0, 0.05) is 24.2 Å². The number of rotatable bonds is 6. The lowest BCUT2D eigenvalue weighted by Gasteiger charge is -2.24. The average molecular weight is 481 g/mol. The molecule has 170 valence electrons. The molecule has 1 aliphatic heterocycles. The Kier molecular flexibility index (Phi) is 6.96. The minimum absolute atomic E-state index is 0.131. The number of benzene rings is 3. The first-order chi connectivity index (χ1) is 15.9. The number of nitrogens with zero attached hydrogens (tertiary/aromatic N) is 2. The van der Waals surface area contributed by atoms with Gasteiger partial charge in [0.25, 0.3) is 11.8 Å². The zero-order valence-corrected chi connectivity index (χ0v) is 20.2. The van der Waals surface area contributed by atoms with Crippen LogP contribution >= 0.6 is 11.6 Å². The van der Waals surface area contributed by atoms with Gasteiger partial charge in [0.2, 0.25) is 0 Å². The van der Waals surface area contributed by atoms with Gasteiger partial charge in [-0.15, -0.1) is 0 Å². The van der Waals surface area contributed by atoms with Crippen molar-refractivity contribution in [3.63, 3.8) is 0 Å². The number of halogens is 1. The summed E-state index contributed by atoms with van der Waals surface area (Å²) in [6, 6.07) is 19.3. The molecule has 1 atom stereocenters. The number of hydrogen-bond donors (Lipinski definition) is 0. The van der Waals surface area contributed by atoms with Crippen LogP contribution in [0.4, 0.5) is 5.69 Å². The van der Waals surface area contributed by atoms with Gasteiger partial charge in [-0.1, -0.05) is 49.2 Å². The second-order valence-electron chi connectivity index (χ2n) is 8.05. The number of fused-ring (bicyclic) bond motifs is 2. The van der Waals surface area contributed by atoms with Crippen LogP contribution in [0.1, 0.15) is 46.0 Å². The molecule has 0 fully saturated rings. The first-order valence-corrected chi connectivity index (χ1v) is 12.4. The summed E-state index contributed by atoms with van der Waals surface area (Å²) in [4.78, 5) is 30.9. The van der Waals surface area contributed by atoms with Crippen LogP contribution < -0.4 is 4.90 Å². The molecule has 3 aromatic rings. The molecule has 0 unspecified atom stereocenters. The maximum absolute atomic E-state index is 13.7. The highest BCUT2D eigenvalue weighted by molar-refractivity contribution is 7.85. The van der Waals surface area contributed by atoms with Gasteiger partial charge in [-0.2, -0.15) is 0 Å². The highest BCUT2D eigenvalue weighted by Gasteiger charge is 2.31. The van der Waals surface area contributed by atoms with Gasteiger partial charge in [0.15, 0.2) is 0 Å². The third-order valence-corrected chi connectivity index (χ3v) is 7.42. The smallest absolute Gasteiger partial charge is 0.259 e. The normalized spacial score (nSPS) is 14.9. The quantitative estimate of drug-likeness (QED) is 0.465. The van der Waals surface area contributed by atoms with E-state index < -0.39 is 10.8 Å². The van der Waals surface area contributed by atoms with Crippen molar-refractivity contribution in [1.29, 1.82) is 0 Å². The van der Waals surface area contributed by atoms with Crippen LogP contribution in [-0.4, -0.2) is 34.5 Å². The van der Waals surface area contributed by atoms with Crippen LogP contribution in [0.2, 0.25) is 5.02 Å². The molecule has 4 rings (SSSR count). The maximum atomic E-state index is 13.7. The fourth-order valence-corrected chi connectivity index (χ4v) is 5.45. The summed E-state index contributed by atoms with van der Waals surface area (Å²) >= 11 is 6.18. The second-order valence-corrected chi connectivity index (χ2v) is 9.90. The van der Waals surface area contributed by atoms with Gasteiger partial charge in [-0.3, -0.25) is 9.59 Å².